The maximum atomic E-state index is 12.0. The fraction of sp³-hybridized carbons (Fsp3) is 0.273. The molecule has 0 saturated heterocycles. The van der Waals surface area contributed by atoms with Crippen molar-refractivity contribution in [2.75, 3.05) is 34.4 Å². The zero-order valence-corrected chi connectivity index (χ0v) is 16.9. The summed E-state index contributed by atoms with van der Waals surface area (Å²) in [5.74, 6) is 0.839. The Bertz CT molecular complexity index is 825. The van der Waals surface area contributed by atoms with Crippen LogP contribution in [0.15, 0.2) is 48.5 Å². The number of methoxy groups -OCH3 is 3. The smallest absolute Gasteiger partial charge is 0.244 e. The molecule has 0 aliphatic rings. The summed E-state index contributed by atoms with van der Waals surface area (Å²) in [6, 6.07) is 13.3. The van der Waals surface area contributed by atoms with Crippen molar-refractivity contribution in [1.82, 2.24) is 10.6 Å². The summed E-state index contributed by atoms with van der Waals surface area (Å²) >= 11 is 0. The Morgan fingerprint density at radius 3 is 2.17 bits per heavy atom. The third-order valence-electron chi connectivity index (χ3n) is 4.12. The molecule has 0 heterocycles. The molecule has 2 N–H and O–H groups in total. The number of hydrogen-bond donors (Lipinski definition) is 2. The number of amides is 2. The van der Waals surface area contributed by atoms with Crippen LogP contribution in [0.1, 0.15) is 11.1 Å². The van der Waals surface area contributed by atoms with Crippen LogP contribution in [0, 0.1) is 0 Å². The lowest BCUT2D eigenvalue weighted by Gasteiger charge is -2.12. The van der Waals surface area contributed by atoms with Crippen molar-refractivity contribution in [1.29, 1.82) is 0 Å². The van der Waals surface area contributed by atoms with E-state index >= 15 is 0 Å². The molecule has 0 saturated carbocycles. The largest absolute Gasteiger partial charge is 0.493 e. The van der Waals surface area contributed by atoms with Crippen molar-refractivity contribution >= 4 is 17.9 Å². The molecular weight excluding hydrogens is 372 g/mol. The summed E-state index contributed by atoms with van der Waals surface area (Å²) in [6.07, 6.45) is 3.69. The molecule has 0 bridgehead atoms. The second kappa shape index (κ2) is 11.4. The van der Waals surface area contributed by atoms with Gasteiger partial charge in [-0.3, -0.25) is 9.59 Å². The van der Waals surface area contributed by atoms with Gasteiger partial charge in [-0.1, -0.05) is 30.3 Å². The van der Waals surface area contributed by atoms with Crippen LogP contribution in [0.5, 0.6) is 17.2 Å². The molecule has 7 heteroatoms. The first-order chi connectivity index (χ1) is 14.1. The number of ether oxygens (including phenoxy) is 3. The van der Waals surface area contributed by atoms with Gasteiger partial charge < -0.3 is 24.8 Å². The fourth-order valence-electron chi connectivity index (χ4n) is 2.65. The highest BCUT2D eigenvalue weighted by molar-refractivity contribution is 5.94. The van der Waals surface area contributed by atoms with Crippen LogP contribution in [0.25, 0.3) is 6.08 Å². The molecule has 29 heavy (non-hydrogen) atoms. The second-order valence-corrected chi connectivity index (χ2v) is 6.10. The number of rotatable bonds is 10. The topological polar surface area (TPSA) is 85.9 Å². The molecule has 0 aliphatic carbocycles. The highest BCUT2D eigenvalue weighted by atomic mass is 16.5. The summed E-state index contributed by atoms with van der Waals surface area (Å²) < 4.78 is 15.8. The lowest BCUT2D eigenvalue weighted by Crippen LogP contribution is -2.37. The van der Waals surface area contributed by atoms with E-state index in [2.05, 4.69) is 10.6 Å². The maximum Gasteiger partial charge on any atom is 0.244 e. The standard InChI is InChI=1S/C22H26N2O5/c1-27-18-13-17(14-19(28-2)22(18)29-3)9-10-20(25)24-15-21(26)23-12-11-16-7-5-4-6-8-16/h4-10,13-14H,11-12,15H2,1-3H3,(H,23,26)(H,24,25)/b10-9+. The molecule has 0 unspecified atom stereocenters. The van der Waals surface area contributed by atoms with E-state index in [1.165, 1.54) is 27.4 Å². The second-order valence-electron chi connectivity index (χ2n) is 6.10. The number of nitrogens with one attached hydrogen (secondary N) is 2. The van der Waals surface area contributed by atoms with Gasteiger partial charge in [-0.2, -0.15) is 0 Å². The molecule has 0 atom stereocenters. The van der Waals surface area contributed by atoms with Gasteiger partial charge in [0.2, 0.25) is 17.6 Å². The van der Waals surface area contributed by atoms with Gasteiger partial charge in [0.1, 0.15) is 0 Å². The highest BCUT2D eigenvalue weighted by Crippen LogP contribution is 2.38. The molecule has 2 rings (SSSR count). The van der Waals surface area contributed by atoms with Crippen molar-refractivity contribution < 1.29 is 23.8 Å². The number of carbonyl (C=O) groups excluding carboxylic acids is 2. The van der Waals surface area contributed by atoms with Gasteiger partial charge in [0, 0.05) is 12.6 Å². The van der Waals surface area contributed by atoms with Gasteiger partial charge in [-0.15, -0.1) is 0 Å². The van der Waals surface area contributed by atoms with E-state index in [-0.39, 0.29) is 18.4 Å². The minimum Gasteiger partial charge on any atom is -0.493 e. The van der Waals surface area contributed by atoms with Gasteiger partial charge in [0.15, 0.2) is 11.5 Å². The number of benzene rings is 2. The van der Waals surface area contributed by atoms with Crippen LogP contribution >= 0.6 is 0 Å². The van der Waals surface area contributed by atoms with E-state index in [1.807, 2.05) is 30.3 Å². The van der Waals surface area contributed by atoms with Crippen molar-refractivity contribution in [3.8, 4) is 17.2 Å². The van der Waals surface area contributed by atoms with Crippen LogP contribution in [-0.4, -0.2) is 46.2 Å². The molecule has 2 aromatic carbocycles. The van der Waals surface area contributed by atoms with Gasteiger partial charge in [-0.05, 0) is 35.8 Å². The zero-order chi connectivity index (χ0) is 21.1. The normalized spacial score (nSPS) is 10.4. The summed E-state index contributed by atoms with van der Waals surface area (Å²) in [5.41, 5.74) is 1.84. The third-order valence-corrected chi connectivity index (χ3v) is 4.12. The summed E-state index contributed by atoms with van der Waals surface area (Å²) in [5, 5.41) is 5.33. The van der Waals surface area contributed by atoms with Crippen LogP contribution in [0.3, 0.4) is 0 Å². The van der Waals surface area contributed by atoms with Crippen molar-refractivity contribution in [3.05, 3.63) is 59.7 Å². The summed E-state index contributed by atoms with van der Waals surface area (Å²) in [6.45, 7) is 0.424. The van der Waals surface area contributed by atoms with Crippen LogP contribution in [-0.2, 0) is 16.0 Å². The quantitative estimate of drug-likeness (QED) is 0.600. The minimum absolute atomic E-state index is 0.0901. The Balaban J connectivity index is 1.82. The van der Waals surface area contributed by atoms with E-state index < -0.39 is 0 Å². The Hall–Kier alpha value is -3.48. The van der Waals surface area contributed by atoms with Crippen molar-refractivity contribution in [3.63, 3.8) is 0 Å². The molecule has 2 amide bonds. The Morgan fingerprint density at radius 1 is 0.931 bits per heavy atom. The average molecular weight is 398 g/mol. The summed E-state index contributed by atoms with van der Waals surface area (Å²) in [7, 11) is 4.57. The van der Waals surface area contributed by atoms with Gasteiger partial charge in [-0.25, -0.2) is 0 Å². The Labute approximate surface area is 170 Å². The molecule has 0 spiro atoms. The third kappa shape index (κ3) is 6.88. The molecule has 0 radical (unpaired) electrons. The molecule has 7 nitrogen and oxygen atoms in total. The van der Waals surface area contributed by atoms with Gasteiger partial charge >= 0.3 is 0 Å². The molecule has 0 aromatic heterocycles. The SMILES string of the molecule is COc1cc(/C=C/C(=O)NCC(=O)NCCc2ccccc2)cc(OC)c1OC. The zero-order valence-electron chi connectivity index (χ0n) is 16.9. The van der Waals surface area contributed by atoms with Crippen LogP contribution < -0.4 is 24.8 Å². The van der Waals surface area contributed by atoms with Crippen LogP contribution in [0.4, 0.5) is 0 Å². The molecule has 0 fully saturated rings. The number of hydrogen-bond acceptors (Lipinski definition) is 5. The Morgan fingerprint density at radius 2 is 1.59 bits per heavy atom. The van der Waals surface area contributed by atoms with E-state index in [1.54, 1.807) is 18.2 Å². The molecule has 0 aliphatic heterocycles. The van der Waals surface area contributed by atoms with Crippen molar-refractivity contribution in [2.24, 2.45) is 0 Å². The lowest BCUT2D eigenvalue weighted by molar-refractivity contribution is -0.123. The molecule has 2 aromatic rings. The molecule has 154 valence electrons. The monoisotopic (exact) mass is 398 g/mol. The first kappa shape index (κ1) is 21.8. The predicted molar refractivity (Wildman–Crippen MR) is 111 cm³/mol. The van der Waals surface area contributed by atoms with Crippen LogP contribution in [0.2, 0.25) is 0 Å². The van der Waals surface area contributed by atoms with E-state index in [4.69, 9.17) is 14.2 Å². The van der Waals surface area contributed by atoms with Gasteiger partial charge in [0.05, 0.1) is 27.9 Å². The van der Waals surface area contributed by atoms with Gasteiger partial charge in [0.25, 0.3) is 0 Å². The average Bonchev–Trinajstić information content (AvgIpc) is 2.76. The lowest BCUT2D eigenvalue weighted by atomic mass is 10.1. The maximum absolute atomic E-state index is 12.0. The Kier molecular flexibility index (Phi) is 8.56. The first-order valence-corrected chi connectivity index (χ1v) is 9.14. The number of carbonyl (C=O) groups is 2. The molecular formula is C22H26N2O5. The van der Waals surface area contributed by atoms with E-state index in [9.17, 15) is 9.59 Å². The highest BCUT2D eigenvalue weighted by Gasteiger charge is 2.12. The minimum atomic E-state index is -0.378. The fourth-order valence-corrected chi connectivity index (χ4v) is 2.65. The predicted octanol–water partition coefficient (Wildman–Crippen LogP) is 2.20. The van der Waals surface area contributed by atoms with E-state index in [0.717, 1.165) is 12.0 Å². The summed E-state index contributed by atoms with van der Waals surface area (Å²) in [4.78, 5) is 23.8. The first-order valence-electron chi connectivity index (χ1n) is 9.14. The van der Waals surface area contributed by atoms with Crippen molar-refractivity contribution in [2.45, 2.75) is 6.42 Å². The van der Waals surface area contributed by atoms with E-state index in [0.29, 0.717) is 29.4 Å².